The highest BCUT2D eigenvalue weighted by Gasteiger charge is 2.29. The smallest absolute Gasteiger partial charge is 0.147 e. The highest BCUT2D eigenvalue weighted by molar-refractivity contribution is 7.90. The number of rotatable bonds is 8. The van der Waals surface area contributed by atoms with Crippen LogP contribution < -0.4 is 5.32 Å². The quantitative estimate of drug-likeness (QED) is 0.704. The predicted molar refractivity (Wildman–Crippen MR) is 67.5 cm³/mol. The average Bonchev–Trinajstić information content (AvgIpc) is 2.16. The lowest BCUT2D eigenvalue weighted by molar-refractivity contribution is -0.0108. The van der Waals surface area contributed by atoms with E-state index in [0.29, 0.717) is 6.42 Å². The summed E-state index contributed by atoms with van der Waals surface area (Å²) in [5.41, 5.74) is -0.347. The van der Waals surface area contributed by atoms with E-state index >= 15 is 0 Å². The van der Waals surface area contributed by atoms with Crippen molar-refractivity contribution in [1.82, 2.24) is 5.32 Å². The Balaban J connectivity index is 4.43. The normalized spacial score (nSPS) is 15.1. The van der Waals surface area contributed by atoms with Gasteiger partial charge in [0.2, 0.25) is 0 Å². The second-order valence-corrected chi connectivity index (χ2v) is 6.99. The molecule has 5 heteroatoms. The topological polar surface area (TPSA) is 55.4 Å². The Kier molecular flexibility index (Phi) is 6.51. The van der Waals surface area contributed by atoms with Gasteiger partial charge in [-0.1, -0.05) is 6.92 Å². The molecular formula is C11H25NO3S. The van der Waals surface area contributed by atoms with Gasteiger partial charge in [0, 0.05) is 19.4 Å². The number of nitrogens with one attached hydrogen (secondary N) is 1. The molecule has 0 radical (unpaired) electrons. The third-order valence-electron chi connectivity index (χ3n) is 2.78. The minimum absolute atomic E-state index is 0.0622. The maximum atomic E-state index is 11.2. The van der Waals surface area contributed by atoms with Crippen LogP contribution in [0.2, 0.25) is 0 Å². The molecule has 0 fully saturated rings. The van der Waals surface area contributed by atoms with Gasteiger partial charge >= 0.3 is 0 Å². The molecule has 0 amide bonds. The van der Waals surface area contributed by atoms with Crippen molar-refractivity contribution >= 4 is 9.84 Å². The Morgan fingerprint density at radius 2 is 1.94 bits per heavy atom. The largest absolute Gasteiger partial charge is 0.377 e. The number of ether oxygens (including phenoxy) is 1. The van der Waals surface area contributed by atoms with Gasteiger partial charge < -0.3 is 10.1 Å². The summed E-state index contributed by atoms with van der Waals surface area (Å²) in [6.07, 6.45) is 2.87. The van der Waals surface area contributed by atoms with Crippen LogP contribution in [-0.4, -0.2) is 45.7 Å². The zero-order valence-corrected chi connectivity index (χ0v) is 11.9. The van der Waals surface area contributed by atoms with Crippen LogP contribution in [0, 0.1) is 0 Å². The Morgan fingerprint density at radius 1 is 1.38 bits per heavy atom. The molecule has 4 nitrogen and oxygen atoms in total. The predicted octanol–water partition coefficient (Wildman–Crippen LogP) is 1.21. The van der Waals surface area contributed by atoms with Crippen molar-refractivity contribution in [3.63, 3.8) is 0 Å². The van der Waals surface area contributed by atoms with E-state index in [0.717, 1.165) is 13.0 Å². The van der Waals surface area contributed by atoms with Gasteiger partial charge in [0.25, 0.3) is 0 Å². The first kappa shape index (κ1) is 15.9. The molecule has 0 aromatic carbocycles. The van der Waals surface area contributed by atoms with Crippen molar-refractivity contribution in [2.75, 3.05) is 25.7 Å². The van der Waals surface area contributed by atoms with Crippen LogP contribution in [0.5, 0.6) is 0 Å². The van der Waals surface area contributed by atoms with E-state index in [1.54, 1.807) is 7.11 Å². The van der Waals surface area contributed by atoms with Gasteiger partial charge in [0.05, 0.1) is 11.4 Å². The fourth-order valence-corrected chi connectivity index (χ4v) is 2.15. The highest BCUT2D eigenvalue weighted by Crippen LogP contribution is 2.17. The van der Waals surface area contributed by atoms with E-state index in [1.165, 1.54) is 6.26 Å². The SMILES string of the molecule is CCCNC(CCS(C)(=O)=O)C(C)(C)OC. The van der Waals surface area contributed by atoms with E-state index in [1.807, 2.05) is 13.8 Å². The molecule has 0 aliphatic heterocycles. The van der Waals surface area contributed by atoms with E-state index in [9.17, 15) is 8.42 Å². The third kappa shape index (κ3) is 6.45. The van der Waals surface area contributed by atoms with Crippen molar-refractivity contribution < 1.29 is 13.2 Å². The minimum atomic E-state index is -2.91. The molecule has 0 spiro atoms. The fourth-order valence-electron chi connectivity index (χ4n) is 1.49. The molecule has 98 valence electrons. The summed E-state index contributed by atoms with van der Waals surface area (Å²) in [6, 6.07) is 0.0622. The first-order valence-electron chi connectivity index (χ1n) is 5.69. The molecule has 0 aliphatic carbocycles. The molecule has 0 bridgehead atoms. The highest BCUT2D eigenvalue weighted by atomic mass is 32.2. The van der Waals surface area contributed by atoms with Gasteiger partial charge in [-0.25, -0.2) is 8.42 Å². The fraction of sp³-hybridized carbons (Fsp3) is 1.00. The summed E-state index contributed by atoms with van der Waals surface area (Å²) in [6.45, 7) is 6.91. The maximum absolute atomic E-state index is 11.2. The van der Waals surface area contributed by atoms with Gasteiger partial charge in [-0.2, -0.15) is 0 Å². The summed E-state index contributed by atoms with van der Waals surface area (Å²) in [5, 5.41) is 3.34. The third-order valence-corrected chi connectivity index (χ3v) is 3.76. The van der Waals surface area contributed by atoms with Crippen LogP contribution in [0.1, 0.15) is 33.6 Å². The molecule has 1 unspecified atom stereocenters. The van der Waals surface area contributed by atoms with Crippen LogP contribution in [0.15, 0.2) is 0 Å². The molecule has 0 aromatic rings. The van der Waals surface area contributed by atoms with Crippen molar-refractivity contribution in [3.05, 3.63) is 0 Å². The number of hydrogen-bond donors (Lipinski definition) is 1. The van der Waals surface area contributed by atoms with Gasteiger partial charge in [0.15, 0.2) is 0 Å². The van der Waals surface area contributed by atoms with Gasteiger partial charge in [0.1, 0.15) is 9.84 Å². The van der Waals surface area contributed by atoms with Crippen LogP contribution >= 0.6 is 0 Å². The van der Waals surface area contributed by atoms with E-state index in [2.05, 4.69) is 12.2 Å². The molecule has 0 saturated carbocycles. The summed E-state index contributed by atoms with van der Waals surface area (Å²) in [4.78, 5) is 0. The van der Waals surface area contributed by atoms with E-state index < -0.39 is 9.84 Å². The van der Waals surface area contributed by atoms with E-state index in [4.69, 9.17) is 4.74 Å². The van der Waals surface area contributed by atoms with Crippen molar-refractivity contribution in [2.24, 2.45) is 0 Å². The van der Waals surface area contributed by atoms with Crippen molar-refractivity contribution in [3.8, 4) is 0 Å². The van der Waals surface area contributed by atoms with Crippen LogP contribution in [-0.2, 0) is 14.6 Å². The zero-order valence-electron chi connectivity index (χ0n) is 11.0. The zero-order chi connectivity index (χ0) is 12.8. The summed E-state index contributed by atoms with van der Waals surface area (Å²) in [5.74, 6) is 0.196. The first-order chi connectivity index (χ1) is 7.23. The second-order valence-electron chi connectivity index (χ2n) is 4.73. The molecule has 0 heterocycles. The maximum Gasteiger partial charge on any atom is 0.147 e. The van der Waals surface area contributed by atoms with Crippen LogP contribution in [0.3, 0.4) is 0 Å². The minimum Gasteiger partial charge on any atom is -0.377 e. The molecule has 0 aliphatic rings. The molecule has 0 saturated heterocycles. The van der Waals surface area contributed by atoms with Crippen LogP contribution in [0.25, 0.3) is 0 Å². The van der Waals surface area contributed by atoms with Gasteiger partial charge in [-0.05, 0) is 33.2 Å². The molecular weight excluding hydrogens is 226 g/mol. The van der Waals surface area contributed by atoms with Crippen molar-refractivity contribution in [1.29, 1.82) is 0 Å². The lowest BCUT2D eigenvalue weighted by atomic mass is 9.96. The Bertz CT molecular complexity index is 286. The monoisotopic (exact) mass is 251 g/mol. The van der Waals surface area contributed by atoms with Crippen molar-refractivity contribution in [2.45, 2.75) is 45.3 Å². The molecule has 1 atom stereocenters. The Labute approximate surface area is 99.7 Å². The standard InChI is InChI=1S/C11H25NO3S/c1-6-8-12-10(11(2,3)15-4)7-9-16(5,13)14/h10,12H,6-9H2,1-5H3. The van der Waals surface area contributed by atoms with Gasteiger partial charge in [-0.15, -0.1) is 0 Å². The lowest BCUT2D eigenvalue weighted by Gasteiger charge is -2.33. The molecule has 1 N–H and O–H groups in total. The van der Waals surface area contributed by atoms with Gasteiger partial charge in [-0.3, -0.25) is 0 Å². The molecule has 0 aromatic heterocycles. The lowest BCUT2D eigenvalue weighted by Crippen LogP contribution is -2.49. The summed E-state index contributed by atoms with van der Waals surface area (Å²) < 4.78 is 27.7. The molecule has 0 rings (SSSR count). The van der Waals surface area contributed by atoms with E-state index in [-0.39, 0.29) is 17.4 Å². The number of sulfone groups is 1. The Hall–Kier alpha value is -0.130. The van der Waals surface area contributed by atoms with Crippen LogP contribution in [0.4, 0.5) is 0 Å². The number of hydrogen-bond acceptors (Lipinski definition) is 4. The number of methoxy groups -OCH3 is 1. The molecule has 16 heavy (non-hydrogen) atoms. The first-order valence-corrected chi connectivity index (χ1v) is 7.75. The summed E-state index contributed by atoms with van der Waals surface area (Å²) in [7, 11) is -1.25. The Morgan fingerprint density at radius 3 is 2.31 bits per heavy atom. The average molecular weight is 251 g/mol. The summed E-state index contributed by atoms with van der Waals surface area (Å²) >= 11 is 0. The second kappa shape index (κ2) is 6.57.